The smallest absolute Gasteiger partial charge is 0.0466 e. The summed E-state index contributed by atoms with van der Waals surface area (Å²) < 4.78 is 5.58. The van der Waals surface area contributed by atoms with E-state index in [0.29, 0.717) is 0 Å². The fourth-order valence-electron chi connectivity index (χ4n) is 1.69. The molecule has 1 aromatic rings. The normalized spacial score (nSPS) is 10.8. The predicted octanol–water partition coefficient (Wildman–Crippen LogP) is 4.67. The molecule has 0 atom stereocenters. The quantitative estimate of drug-likeness (QED) is 0.540. The van der Waals surface area contributed by atoms with Gasteiger partial charge in [0.1, 0.15) is 0 Å². The van der Waals surface area contributed by atoms with Gasteiger partial charge in [-0.2, -0.15) is 0 Å². The Balaban J connectivity index is 1.78. The molecule has 1 nitrogen and oxygen atoms in total. The Labute approximate surface area is 104 Å². The van der Waals surface area contributed by atoms with Crippen LogP contribution >= 0.6 is 11.3 Å². The largest absolute Gasteiger partial charge is 0.381 e. The van der Waals surface area contributed by atoms with E-state index in [1.165, 1.54) is 49.8 Å². The minimum atomic E-state index is 0.953. The van der Waals surface area contributed by atoms with Gasteiger partial charge in [-0.3, -0.25) is 0 Å². The minimum Gasteiger partial charge on any atom is -0.381 e. The summed E-state index contributed by atoms with van der Waals surface area (Å²) >= 11 is 1.87. The lowest BCUT2D eigenvalue weighted by molar-refractivity contribution is 0.126. The number of rotatable bonds is 10. The van der Waals surface area contributed by atoms with E-state index in [1.54, 1.807) is 0 Å². The predicted molar refractivity (Wildman–Crippen MR) is 72.2 cm³/mol. The third-order valence-corrected chi connectivity index (χ3v) is 3.62. The molecule has 0 aliphatic heterocycles. The summed E-state index contributed by atoms with van der Waals surface area (Å²) in [6.07, 6.45) is 8.88. The summed E-state index contributed by atoms with van der Waals surface area (Å²) in [6.45, 7) is 4.14. The lowest BCUT2D eigenvalue weighted by Gasteiger charge is -2.03. The van der Waals surface area contributed by atoms with Crippen molar-refractivity contribution >= 4 is 11.3 Å². The van der Waals surface area contributed by atoms with Crippen LogP contribution in [-0.2, 0) is 11.2 Å². The van der Waals surface area contributed by atoms with Crippen LogP contribution in [0.2, 0.25) is 0 Å². The number of unbranched alkanes of at least 4 members (excludes halogenated alkanes) is 4. The van der Waals surface area contributed by atoms with E-state index < -0.39 is 0 Å². The van der Waals surface area contributed by atoms with Gasteiger partial charge in [0.2, 0.25) is 0 Å². The van der Waals surface area contributed by atoms with Crippen LogP contribution in [0.1, 0.15) is 50.3 Å². The van der Waals surface area contributed by atoms with E-state index in [4.69, 9.17) is 4.74 Å². The van der Waals surface area contributed by atoms with Gasteiger partial charge >= 0.3 is 0 Å². The van der Waals surface area contributed by atoms with Crippen molar-refractivity contribution in [1.82, 2.24) is 0 Å². The van der Waals surface area contributed by atoms with Crippen LogP contribution in [0.15, 0.2) is 17.5 Å². The number of hydrogen-bond donors (Lipinski definition) is 0. The minimum absolute atomic E-state index is 0.953. The molecular formula is C14H24OS. The van der Waals surface area contributed by atoms with Gasteiger partial charge < -0.3 is 4.74 Å². The third-order valence-electron chi connectivity index (χ3n) is 2.68. The SMILES string of the molecule is CCCCCOCCCCCc1cccs1. The van der Waals surface area contributed by atoms with Crippen molar-refractivity contribution < 1.29 is 4.74 Å². The number of aryl methyl sites for hydroxylation is 1. The van der Waals surface area contributed by atoms with Crippen LogP contribution in [0.4, 0.5) is 0 Å². The maximum atomic E-state index is 5.58. The number of ether oxygens (including phenoxy) is 1. The van der Waals surface area contributed by atoms with Gasteiger partial charge in [0.05, 0.1) is 0 Å². The number of thiophene rings is 1. The molecule has 0 aliphatic carbocycles. The molecule has 0 saturated heterocycles. The first kappa shape index (κ1) is 13.7. The number of hydrogen-bond acceptors (Lipinski definition) is 2. The third kappa shape index (κ3) is 7.02. The highest BCUT2D eigenvalue weighted by Crippen LogP contribution is 2.12. The average Bonchev–Trinajstić information content (AvgIpc) is 2.80. The molecule has 1 aromatic heterocycles. The molecule has 0 radical (unpaired) electrons. The van der Waals surface area contributed by atoms with Crippen molar-refractivity contribution in [3.8, 4) is 0 Å². The van der Waals surface area contributed by atoms with Gasteiger partial charge in [-0.05, 0) is 37.1 Å². The molecule has 2 heteroatoms. The molecule has 92 valence electrons. The Kier molecular flexibility index (Phi) is 8.45. The van der Waals surface area contributed by atoms with E-state index in [9.17, 15) is 0 Å². The van der Waals surface area contributed by atoms with Gasteiger partial charge in [0.25, 0.3) is 0 Å². The summed E-state index contributed by atoms with van der Waals surface area (Å²) in [5.74, 6) is 0. The molecule has 0 spiro atoms. The van der Waals surface area contributed by atoms with Crippen LogP contribution in [0, 0.1) is 0 Å². The zero-order valence-corrected chi connectivity index (χ0v) is 11.2. The first-order chi connectivity index (χ1) is 7.93. The highest BCUT2D eigenvalue weighted by Gasteiger charge is 1.94. The second-order valence-electron chi connectivity index (χ2n) is 4.21. The Bertz CT molecular complexity index is 231. The molecular weight excluding hydrogens is 216 g/mol. The van der Waals surface area contributed by atoms with Gasteiger partial charge in [-0.15, -0.1) is 11.3 Å². The fourth-order valence-corrected chi connectivity index (χ4v) is 2.44. The Hall–Kier alpha value is -0.340. The topological polar surface area (TPSA) is 9.23 Å². The molecule has 16 heavy (non-hydrogen) atoms. The van der Waals surface area contributed by atoms with E-state index in [1.807, 2.05) is 11.3 Å². The van der Waals surface area contributed by atoms with Crippen molar-refractivity contribution in [3.05, 3.63) is 22.4 Å². The summed E-state index contributed by atoms with van der Waals surface area (Å²) in [7, 11) is 0. The van der Waals surface area contributed by atoms with Crippen LogP contribution < -0.4 is 0 Å². The van der Waals surface area contributed by atoms with Crippen LogP contribution in [0.3, 0.4) is 0 Å². The highest BCUT2D eigenvalue weighted by atomic mass is 32.1. The van der Waals surface area contributed by atoms with E-state index in [0.717, 1.165) is 13.2 Å². The highest BCUT2D eigenvalue weighted by molar-refractivity contribution is 7.09. The standard InChI is InChI=1S/C14H24OS/c1-2-3-6-11-15-12-7-4-5-9-14-10-8-13-16-14/h8,10,13H,2-7,9,11-12H2,1H3. The first-order valence-corrected chi connectivity index (χ1v) is 7.41. The van der Waals surface area contributed by atoms with Gasteiger partial charge in [0.15, 0.2) is 0 Å². The van der Waals surface area contributed by atoms with Crippen LogP contribution in [0.25, 0.3) is 0 Å². The molecule has 0 fully saturated rings. The Morgan fingerprint density at radius 2 is 1.88 bits per heavy atom. The monoisotopic (exact) mass is 240 g/mol. The molecule has 0 saturated carbocycles. The van der Waals surface area contributed by atoms with E-state index in [2.05, 4.69) is 24.4 Å². The van der Waals surface area contributed by atoms with Gasteiger partial charge in [-0.25, -0.2) is 0 Å². The molecule has 1 heterocycles. The van der Waals surface area contributed by atoms with Crippen LogP contribution in [-0.4, -0.2) is 13.2 Å². The lowest BCUT2D eigenvalue weighted by Crippen LogP contribution is -1.97. The van der Waals surface area contributed by atoms with Gasteiger partial charge in [0, 0.05) is 18.1 Å². The molecule has 0 bridgehead atoms. The van der Waals surface area contributed by atoms with Crippen LogP contribution in [0.5, 0.6) is 0 Å². The fraction of sp³-hybridized carbons (Fsp3) is 0.714. The summed E-state index contributed by atoms with van der Waals surface area (Å²) in [4.78, 5) is 1.52. The average molecular weight is 240 g/mol. The molecule has 0 unspecified atom stereocenters. The molecule has 0 aliphatic rings. The lowest BCUT2D eigenvalue weighted by atomic mass is 10.2. The molecule has 0 amide bonds. The zero-order valence-electron chi connectivity index (χ0n) is 10.4. The first-order valence-electron chi connectivity index (χ1n) is 6.53. The summed E-state index contributed by atoms with van der Waals surface area (Å²) in [5.41, 5.74) is 0. The Morgan fingerprint density at radius 3 is 2.56 bits per heavy atom. The zero-order chi connectivity index (χ0) is 11.5. The summed E-state index contributed by atoms with van der Waals surface area (Å²) in [6, 6.07) is 4.36. The van der Waals surface area contributed by atoms with Crippen molar-refractivity contribution in [1.29, 1.82) is 0 Å². The summed E-state index contributed by atoms with van der Waals surface area (Å²) in [5, 5.41) is 2.16. The van der Waals surface area contributed by atoms with Crippen molar-refractivity contribution in [2.24, 2.45) is 0 Å². The van der Waals surface area contributed by atoms with E-state index >= 15 is 0 Å². The van der Waals surface area contributed by atoms with Crippen molar-refractivity contribution in [3.63, 3.8) is 0 Å². The van der Waals surface area contributed by atoms with Gasteiger partial charge in [-0.1, -0.05) is 32.3 Å². The molecule has 0 N–H and O–H groups in total. The second kappa shape index (κ2) is 9.86. The van der Waals surface area contributed by atoms with Crippen molar-refractivity contribution in [2.45, 2.75) is 51.9 Å². The second-order valence-corrected chi connectivity index (χ2v) is 5.24. The Morgan fingerprint density at radius 1 is 1.06 bits per heavy atom. The van der Waals surface area contributed by atoms with Crippen molar-refractivity contribution in [2.75, 3.05) is 13.2 Å². The maximum absolute atomic E-state index is 5.58. The maximum Gasteiger partial charge on any atom is 0.0466 e. The molecule has 1 rings (SSSR count). The molecule has 0 aromatic carbocycles. The van der Waals surface area contributed by atoms with E-state index in [-0.39, 0.29) is 0 Å².